The molecule has 1 aliphatic rings. The van der Waals surface area contributed by atoms with Crippen molar-refractivity contribution in [3.63, 3.8) is 0 Å². The molecule has 88 valence electrons. The molecule has 0 aliphatic carbocycles. The third-order valence-electron chi connectivity index (χ3n) is 3.07. The summed E-state index contributed by atoms with van der Waals surface area (Å²) >= 11 is 0. The standard InChI is InChI=1S/C12H18N2O2/c1-16-12-4-6-13-8-9(12)7-10-11(15)3-2-5-14-10/h4,6,8,10-11,14-15H,2-3,5,7H2,1H3. The van der Waals surface area contributed by atoms with Gasteiger partial charge in [0.15, 0.2) is 0 Å². The smallest absolute Gasteiger partial charge is 0.125 e. The second kappa shape index (κ2) is 5.27. The molecule has 1 saturated heterocycles. The van der Waals surface area contributed by atoms with E-state index in [1.54, 1.807) is 13.3 Å². The number of nitrogens with one attached hydrogen (secondary N) is 1. The molecule has 1 aromatic heterocycles. The number of methoxy groups -OCH3 is 1. The summed E-state index contributed by atoms with van der Waals surface area (Å²) in [4.78, 5) is 4.09. The quantitative estimate of drug-likeness (QED) is 0.792. The molecule has 0 radical (unpaired) electrons. The van der Waals surface area contributed by atoms with E-state index < -0.39 is 0 Å². The van der Waals surface area contributed by atoms with Crippen LogP contribution < -0.4 is 10.1 Å². The van der Waals surface area contributed by atoms with Gasteiger partial charge in [0.25, 0.3) is 0 Å². The van der Waals surface area contributed by atoms with Crippen LogP contribution in [-0.2, 0) is 6.42 Å². The predicted molar refractivity (Wildman–Crippen MR) is 61.5 cm³/mol. The second-order valence-corrected chi connectivity index (χ2v) is 4.16. The molecule has 4 nitrogen and oxygen atoms in total. The Hall–Kier alpha value is -1.13. The van der Waals surface area contributed by atoms with Crippen molar-refractivity contribution in [1.29, 1.82) is 0 Å². The highest BCUT2D eigenvalue weighted by molar-refractivity contribution is 5.30. The highest BCUT2D eigenvalue weighted by Gasteiger charge is 2.23. The van der Waals surface area contributed by atoms with Crippen LogP contribution in [0.1, 0.15) is 18.4 Å². The summed E-state index contributed by atoms with van der Waals surface area (Å²) in [6.07, 6.45) is 5.94. The van der Waals surface area contributed by atoms with Crippen LogP contribution >= 0.6 is 0 Å². The summed E-state index contributed by atoms with van der Waals surface area (Å²) in [6, 6.07) is 1.97. The number of hydrogen-bond acceptors (Lipinski definition) is 4. The Kier molecular flexibility index (Phi) is 3.74. The van der Waals surface area contributed by atoms with Crippen molar-refractivity contribution in [2.75, 3.05) is 13.7 Å². The maximum Gasteiger partial charge on any atom is 0.125 e. The van der Waals surface area contributed by atoms with E-state index in [4.69, 9.17) is 4.74 Å². The number of piperidine rings is 1. The molecular formula is C12H18N2O2. The highest BCUT2D eigenvalue weighted by Crippen LogP contribution is 2.20. The summed E-state index contributed by atoms with van der Waals surface area (Å²) in [5.41, 5.74) is 1.04. The third kappa shape index (κ3) is 2.51. The Bertz CT molecular complexity index is 344. The van der Waals surface area contributed by atoms with Gasteiger partial charge in [0.1, 0.15) is 5.75 Å². The van der Waals surface area contributed by atoms with Gasteiger partial charge in [0.2, 0.25) is 0 Å². The van der Waals surface area contributed by atoms with Crippen LogP contribution in [-0.4, -0.2) is 35.9 Å². The molecule has 1 aromatic rings. The Morgan fingerprint density at radius 3 is 3.25 bits per heavy atom. The molecule has 2 heterocycles. The molecule has 0 bridgehead atoms. The number of nitrogens with zero attached hydrogens (tertiary/aromatic N) is 1. The van der Waals surface area contributed by atoms with Crippen molar-refractivity contribution in [2.24, 2.45) is 0 Å². The maximum absolute atomic E-state index is 9.87. The monoisotopic (exact) mass is 222 g/mol. The van der Waals surface area contributed by atoms with Crippen molar-refractivity contribution < 1.29 is 9.84 Å². The Morgan fingerprint density at radius 2 is 2.50 bits per heavy atom. The van der Waals surface area contributed by atoms with Crippen LogP contribution in [0.15, 0.2) is 18.5 Å². The van der Waals surface area contributed by atoms with Crippen molar-refractivity contribution >= 4 is 0 Å². The Morgan fingerprint density at radius 1 is 1.62 bits per heavy atom. The van der Waals surface area contributed by atoms with E-state index in [0.29, 0.717) is 0 Å². The molecule has 0 spiro atoms. The van der Waals surface area contributed by atoms with Crippen LogP contribution in [0.3, 0.4) is 0 Å². The number of pyridine rings is 1. The van der Waals surface area contributed by atoms with Gasteiger partial charge in [-0.05, 0) is 31.9 Å². The van der Waals surface area contributed by atoms with E-state index in [0.717, 1.165) is 37.1 Å². The fraction of sp³-hybridized carbons (Fsp3) is 0.583. The van der Waals surface area contributed by atoms with Crippen molar-refractivity contribution in [3.8, 4) is 5.75 Å². The summed E-state index contributed by atoms with van der Waals surface area (Å²) in [6.45, 7) is 0.976. The van der Waals surface area contributed by atoms with Crippen LogP contribution in [0.25, 0.3) is 0 Å². The third-order valence-corrected chi connectivity index (χ3v) is 3.07. The molecule has 2 atom stereocenters. The fourth-order valence-corrected chi connectivity index (χ4v) is 2.15. The number of aromatic nitrogens is 1. The SMILES string of the molecule is COc1ccncc1CC1NCCCC1O. The van der Waals surface area contributed by atoms with Gasteiger partial charge in [-0.2, -0.15) is 0 Å². The van der Waals surface area contributed by atoms with E-state index in [1.165, 1.54) is 0 Å². The zero-order valence-corrected chi connectivity index (χ0v) is 9.52. The highest BCUT2D eigenvalue weighted by atomic mass is 16.5. The first kappa shape index (κ1) is 11.4. The lowest BCUT2D eigenvalue weighted by Gasteiger charge is -2.29. The lowest BCUT2D eigenvalue weighted by atomic mass is 9.95. The molecule has 1 fully saturated rings. The molecular weight excluding hydrogens is 204 g/mol. The molecule has 2 unspecified atom stereocenters. The van der Waals surface area contributed by atoms with Crippen LogP contribution in [0.5, 0.6) is 5.75 Å². The molecule has 0 saturated carbocycles. The number of ether oxygens (including phenoxy) is 1. The average Bonchev–Trinajstić information content (AvgIpc) is 2.33. The van der Waals surface area contributed by atoms with Gasteiger partial charge in [-0.25, -0.2) is 0 Å². The van der Waals surface area contributed by atoms with Gasteiger partial charge >= 0.3 is 0 Å². The molecule has 16 heavy (non-hydrogen) atoms. The summed E-state index contributed by atoms with van der Waals surface area (Å²) in [7, 11) is 1.66. The first-order chi connectivity index (χ1) is 7.81. The van der Waals surface area contributed by atoms with Crippen molar-refractivity contribution in [1.82, 2.24) is 10.3 Å². The first-order valence-corrected chi connectivity index (χ1v) is 5.69. The Balaban J connectivity index is 2.07. The lowest BCUT2D eigenvalue weighted by molar-refractivity contribution is 0.0961. The van der Waals surface area contributed by atoms with Gasteiger partial charge in [0, 0.05) is 24.0 Å². The molecule has 1 aliphatic heterocycles. The minimum Gasteiger partial charge on any atom is -0.496 e. The maximum atomic E-state index is 9.87. The lowest BCUT2D eigenvalue weighted by Crippen LogP contribution is -2.46. The van der Waals surface area contributed by atoms with E-state index in [2.05, 4.69) is 10.3 Å². The second-order valence-electron chi connectivity index (χ2n) is 4.16. The van der Waals surface area contributed by atoms with Gasteiger partial charge < -0.3 is 15.2 Å². The number of aliphatic hydroxyl groups excluding tert-OH is 1. The molecule has 4 heteroatoms. The normalized spacial score (nSPS) is 25.4. The molecule has 0 amide bonds. The van der Waals surface area contributed by atoms with Crippen LogP contribution in [0.4, 0.5) is 0 Å². The van der Waals surface area contributed by atoms with Gasteiger partial charge in [0.05, 0.1) is 13.2 Å². The molecule has 2 rings (SSSR count). The number of aliphatic hydroxyl groups is 1. The van der Waals surface area contributed by atoms with Gasteiger partial charge in [-0.1, -0.05) is 0 Å². The predicted octanol–water partition coefficient (Wildman–Crippen LogP) is 0.746. The molecule has 0 aromatic carbocycles. The van der Waals surface area contributed by atoms with E-state index >= 15 is 0 Å². The van der Waals surface area contributed by atoms with E-state index in [9.17, 15) is 5.11 Å². The fourth-order valence-electron chi connectivity index (χ4n) is 2.15. The van der Waals surface area contributed by atoms with Crippen molar-refractivity contribution in [3.05, 3.63) is 24.0 Å². The largest absolute Gasteiger partial charge is 0.496 e. The summed E-state index contributed by atoms with van der Waals surface area (Å²) < 4.78 is 5.27. The zero-order valence-electron chi connectivity index (χ0n) is 9.52. The number of hydrogen-bond donors (Lipinski definition) is 2. The Labute approximate surface area is 95.7 Å². The minimum atomic E-state index is -0.265. The van der Waals surface area contributed by atoms with Gasteiger partial charge in [-0.3, -0.25) is 4.98 Å². The topological polar surface area (TPSA) is 54.4 Å². The minimum absolute atomic E-state index is 0.117. The van der Waals surface area contributed by atoms with Crippen LogP contribution in [0.2, 0.25) is 0 Å². The van der Waals surface area contributed by atoms with Crippen LogP contribution in [0, 0.1) is 0 Å². The van der Waals surface area contributed by atoms with Crippen molar-refractivity contribution in [2.45, 2.75) is 31.4 Å². The van der Waals surface area contributed by atoms with Gasteiger partial charge in [-0.15, -0.1) is 0 Å². The first-order valence-electron chi connectivity index (χ1n) is 5.69. The summed E-state index contributed by atoms with van der Waals surface area (Å²) in [5, 5.41) is 13.2. The molecule has 2 N–H and O–H groups in total. The number of rotatable bonds is 3. The van der Waals surface area contributed by atoms with E-state index in [-0.39, 0.29) is 12.1 Å². The van der Waals surface area contributed by atoms with E-state index in [1.807, 2.05) is 12.3 Å². The summed E-state index contributed by atoms with van der Waals surface area (Å²) in [5.74, 6) is 0.842. The average molecular weight is 222 g/mol. The zero-order chi connectivity index (χ0) is 11.4.